The quantitative estimate of drug-likeness (QED) is 0.713. The Labute approximate surface area is 101 Å². The van der Waals surface area contributed by atoms with Crippen molar-refractivity contribution in [2.45, 2.75) is 25.8 Å². The molecule has 1 saturated carbocycles. The number of fused-ring (bicyclic) bond motifs is 2. The van der Waals surface area contributed by atoms with Gasteiger partial charge in [-0.2, -0.15) is 0 Å². The summed E-state index contributed by atoms with van der Waals surface area (Å²) in [7, 11) is 0. The van der Waals surface area contributed by atoms with E-state index in [0.717, 1.165) is 17.6 Å². The second-order valence-electron chi connectivity index (χ2n) is 5.12. The zero-order chi connectivity index (χ0) is 12.2. The molecule has 84 valence electrons. The summed E-state index contributed by atoms with van der Waals surface area (Å²) in [4.78, 5) is 12.1. The van der Waals surface area contributed by atoms with E-state index in [1.807, 2.05) is 26.0 Å². The minimum Gasteiger partial charge on any atom is -0.336 e. The van der Waals surface area contributed by atoms with Crippen molar-refractivity contribution in [2.75, 3.05) is 0 Å². The van der Waals surface area contributed by atoms with Crippen LogP contribution in [0.3, 0.4) is 0 Å². The molecule has 2 nitrogen and oxygen atoms in total. The molecule has 1 fully saturated rings. The lowest BCUT2D eigenvalue weighted by molar-refractivity contribution is -0.118. The van der Waals surface area contributed by atoms with Crippen LogP contribution in [0.1, 0.15) is 20.3 Å². The Morgan fingerprint density at radius 2 is 2.18 bits per heavy atom. The normalized spacial score (nSPS) is 19.9. The highest BCUT2D eigenvalue weighted by Gasteiger charge is 2.36. The summed E-state index contributed by atoms with van der Waals surface area (Å²) < 4.78 is 0. The zero-order valence-corrected chi connectivity index (χ0v) is 9.92. The first-order valence-electron chi connectivity index (χ1n) is 5.69. The molecule has 2 heteroatoms. The molecule has 0 aromatic heterocycles. The van der Waals surface area contributed by atoms with Crippen LogP contribution in [0.4, 0.5) is 0 Å². The second kappa shape index (κ2) is 3.01. The molecule has 0 heterocycles. The van der Waals surface area contributed by atoms with Gasteiger partial charge in [-0.1, -0.05) is 12.0 Å². The van der Waals surface area contributed by atoms with E-state index in [4.69, 9.17) is 6.42 Å². The Hall–Kier alpha value is -2.01. The van der Waals surface area contributed by atoms with Crippen molar-refractivity contribution in [3.05, 3.63) is 46.1 Å². The van der Waals surface area contributed by atoms with E-state index in [1.54, 1.807) is 0 Å². The summed E-state index contributed by atoms with van der Waals surface area (Å²) in [6.07, 6.45) is 12.5. The van der Waals surface area contributed by atoms with Crippen molar-refractivity contribution < 1.29 is 4.79 Å². The number of nitrogens with one attached hydrogen (secondary N) is 1. The molecule has 0 saturated heterocycles. The Balaban J connectivity index is 1.89. The van der Waals surface area contributed by atoms with Gasteiger partial charge in [0.05, 0.1) is 5.54 Å². The molecule has 0 spiro atoms. The van der Waals surface area contributed by atoms with Crippen LogP contribution in [-0.4, -0.2) is 11.4 Å². The van der Waals surface area contributed by atoms with Crippen molar-refractivity contribution in [3.8, 4) is 12.3 Å². The first-order chi connectivity index (χ1) is 8.02. The standard InChI is InChI=1S/C15H13NO/c1-4-15(2,3)16-14(17)11-6-5-10-12-7-9(12)8-13(10)11/h1,5-6,8H,7H2,2-3H3,(H,16,17). The predicted octanol–water partition coefficient (Wildman–Crippen LogP) is 2.02. The van der Waals surface area contributed by atoms with Crippen molar-refractivity contribution in [3.63, 3.8) is 0 Å². The third-order valence-electron chi connectivity index (χ3n) is 3.30. The Bertz CT molecular complexity index is 603. The highest BCUT2D eigenvalue weighted by Crippen LogP contribution is 2.51. The maximum atomic E-state index is 12.1. The molecule has 0 aliphatic heterocycles. The monoisotopic (exact) mass is 223 g/mol. The maximum absolute atomic E-state index is 12.1. The summed E-state index contributed by atoms with van der Waals surface area (Å²) in [5.74, 6) is 2.48. The molecule has 0 bridgehead atoms. The SMILES string of the molecule is C#CC(C)(C)NC(=O)C1=C2C=C3CC3=C2C=C1. The molecule has 3 aliphatic carbocycles. The molecular weight excluding hydrogens is 210 g/mol. The summed E-state index contributed by atoms with van der Waals surface area (Å²) in [5, 5.41) is 2.85. The molecular formula is C15H13NO. The summed E-state index contributed by atoms with van der Waals surface area (Å²) in [5.41, 5.74) is 5.19. The van der Waals surface area contributed by atoms with Gasteiger partial charge >= 0.3 is 0 Å². The van der Waals surface area contributed by atoms with Crippen molar-refractivity contribution in [1.82, 2.24) is 5.32 Å². The van der Waals surface area contributed by atoms with Crippen LogP contribution in [0.2, 0.25) is 0 Å². The highest BCUT2D eigenvalue weighted by molar-refractivity contribution is 6.02. The minimum atomic E-state index is -0.608. The van der Waals surface area contributed by atoms with Gasteiger partial charge in [0, 0.05) is 5.57 Å². The third-order valence-corrected chi connectivity index (χ3v) is 3.30. The first kappa shape index (κ1) is 10.2. The van der Waals surface area contributed by atoms with Crippen molar-refractivity contribution in [1.29, 1.82) is 0 Å². The highest BCUT2D eigenvalue weighted by atomic mass is 16.1. The Kier molecular flexibility index (Phi) is 1.80. The van der Waals surface area contributed by atoms with Crippen LogP contribution in [0.5, 0.6) is 0 Å². The topological polar surface area (TPSA) is 29.1 Å². The fourth-order valence-corrected chi connectivity index (χ4v) is 2.22. The van der Waals surface area contributed by atoms with E-state index in [2.05, 4.69) is 17.3 Å². The first-order valence-corrected chi connectivity index (χ1v) is 5.69. The number of amides is 1. The number of allylic oxidation sites excluding steroid dienone is 6. The van der Waals surface area contributed by atoms with Gasteiger partial charge in [0.15, 0.2) is 0 Å². The van der Waals surface area contributed by atoms with E-state index in [-0.39, 0.29) is 5.91 Å². The van der Waals surface area contributed by atoms with E-state index in [0.29, 0.717) is 0 Å². The molecule has 0 radical (unpaired) electrons. The lowest BCUT2D eigenvalue weighted by atomic mass is 10.0. The van der Waals surface area contributed by atoms with E-state index < -0.39 is 5.54 Å². The lowest BCUT2D eigenvalue weighted by Crippen LogP contribution is -2.42. The summed E-state index contributed by atoms with van der Waals surface area (Å²) in [6, 6.07) is 0. The Morgan fingerprint density at radius 1 is 1.41 bits per heavy atom. The van der Waals surface area contributed by atoms with Gasteiger partial charge in [-0.25, -0.2) is 0 Å². The minimum absolute atomic E-state index is 0.0899. The average Bonchev–Trinajstić information content (AvgIpc) is 2.75. The number of hydrogen-bond acceptors (Lipinski definition) is 1. The van der Waals surface area contributed by atoms with Crippen molar-refractivity contribution >= 4 is 5.91 Å². The Morgan fingerprint density at radius 3 is 2.88 bits per heavy atom. The molecule has 3 aliphatic rings. The van der Waals surface area contributed by atoms with Crippen LogP contribution in [0.15, 0.2) is 46.1 Å². The fraction of sp³-hybridized carbons (Fsp3) is 0.267. The molecule has 0 atom stereocenters. The van der Waals surface area contributed by atoms with Gasteiger partial charge in [-0.3, -0.25) is 4.79 Å². The molecule has 1 amide bonds. The second-order valence-corrected chi connectivity index (χ2v) is 5.12. The predicted molar refractivity (Wildman–Crippen MR) is 66.9 cm³/mol. The number of hydrogen-bond donors (Lipinski definition) is 1. The molecule has 3 rings (SSSR count). The van der Waals surface area contributed by atoms with Gasteiger partial charge in [-0.05, 0) is 54.7 Å². The number of terminal acetylenes is 1. The van der Waals surface area contributed by atoms with E-state index in [1.165, 1.54) is 16.7 Å². The van der Waals surface area contributed by atoms with Gasteiger partial charge in [-0.15, -0.1) is 6.42 Å². The maximum Gasteiger partial charge on any atom is 0.253 e. The van der Waals surface area contributed by atoms with Crippen LogP contribution < -0.4 is 5.32 Å². The molecule has 1 N–H and O–H groups in total. The largest absolute Gasteiger partial charge is 0.336 e. The molecule has 17 heavy (non-hydrogen) atoms. The van der Waals surface area contributed by atoms with Crippen molar-refractivity contribution in [2.24, 2.45) is 0 Å². The molecule has 0 aromatic carbocycles. The molecule has 0 aromatic rings. The van der Waals surface area contributed by atoms with Crippen LogP contribution in [0, 0.1) is 12.3 Å². The number of rotatable bonds is 2. The lowest BCUT2D eigenvalue weighted by Gasteiger charge is -2.19. The van der Waals surface area contributed by atoms with Gasteiger partial charge in [0.1, 0.15) is 0 Å². The molecule has 0 unspecified atom stereocenters. The van der Waals surface area contributed by atoms with Gasteiger partial charge in [0.2, 0.25) is 0 Å². The zero-order valence-electron chi connectivity index (χ0n) is 9.92. The van der Waals surface area contributed by atoms with E-state index >= 15 is 0 Å². The van der Waals surface area contributed by atoms with Crippen LogP contribution in [-0.2, 0) is 4.79 Å². The van der Waals surface area contributed by atoms with Gasteiger partial charge < -0.3 is 5.32 Å². The summed E-state index contributed by atoms with van der Waals surface area (Å²) >= 11 is 0. The fourth-order valence-electron chi connectivity index (χ4n) is 2.22. The van der Waals surface area contributed by atoms with Gasteiger partial charge in [0.25, 0.3) is 5.91 Å². The average molecular weight is 223 g/mol. The third kappa shape index (κ3) is 1.47. The van der Waals surface area contributed by atoms with Crippen LogP contribution in [0.25, 0.3) is 0 Å². The number of carbonyl (C=O) groups is 1. The van der Waals surface area contributed by atoms with Crippen LogP contribution >= 0.6 is 0 Å². The smallest absolute Gasteiger partial charge is 0.253 e. The number of carbonyl (C=O) groups excluding carboxylic acids is 1. The summed E-state index contributed by atoms with van der Waals surface area (Å²) in [6.45, 7) is 3.64. The van der Waals surface area contributed by atoms with E-state index in [9.17, 15) is 4.79 Å².